The molecule has 0 N–H and O–H groups in total. The van der Waals surface area contributed by atoms with Crippen LogP contribution in [0.4, 0.5) is 0 Å². The van der Waals surface area contributed by atoms with E-state index in [2.05, 4.69) is 0 Å². The summed E-state index contributed by atoms with van der Waals surface area (Å²) in [4.78, 5) is 0. The van der Waals surface area contributed by atoms with Crippen LogP contribution in [0.15, 0.2) is 18.2 Å². The van der Waals surface area contributed by atoms with Crippen molar-refractivity contribution < 1.29 is 5.11 Å². The van der Waals surface area contributed by atoms with Crippen molar-refractivity contribution in [1.82, 2.24) is 0 Å². The molecule has 3 heteroatoms. The van der Waals surface area contributed by atoms with Gasteiger partial charge in [0.1, 0.15) is 6.10 Å². The smallest absolute Gasteiger partial charge is 0.115 e. The summed E-state index contributed by atoms with van der Waals surface area (Å²) in [6.07, 6.45) is -0.746. The average molecular weight is 190 g/mol. The molecule has 0 saturated carbocycles. The molecule has 1 aromatic carbocycles. The van der Waals surface area contributed by atoms with Crippen LogP contribution in [0.2, 0.25) is 10.0 Å². The molecule has 0 saturated heterocycles. The third-order valence-corrected chi connectivity index (χ3v) is 2.15. The Bertz CT molecular complexity index is 258. The topological polar surface area (TPSA) is 19.9 Å². The SMILES string of the molecule is CC([O])c1ccc(Cl)c(Cl)c1. The highest BCUT2D eigenvalue weighted by atomic mass is 35.5. The van der Waals surface area contributed by atoms with Crippen LogP contribution in [0.5, 0.6) is 0 Å². The maximum atomic E-state index is 10.9. The monoisotopic (exact) mass is 189 g/mol. The van der Waals surface area contributed by atoms with E-state index in [9.17, 15) is 5.11 Å². The van der Waals surface area contributed by atoms with Gasteiger partial charge in [-0.3, -0.25) is 0 Å². The molecule has 0 bridgehead atoms. The molecule has 59 valence electrons. The van der Waals surface area contributed by atoms with Crippen molar-refractivity contribution in [2.24, 2.45) is 0 Å². The molecular formula is C8H7Cl2O. The summed E-state index contributed by atoms with van der Waals surface area (Å²) < 4.78 is 0. The lowest BCUT2D eigenvalue weighted by molar-refractivity contribution is 0.106. The first-order chi connectivity index (χ1) is 5.11. The van der Waals surface area contributed by atoms with Crippen molar-refractivity contribution in [2.45, 2.75) is 13.0 Å². The molecule has 0 aliphatic carbocycles. The van der Waals surface area contributed by atoms with E-state index in [1.807, 2.05) is 0 Å². The highest BCUT2D eigenvalue weighted by Gasteiger charge is 2.04. The lowest BCUT2D eigenvalue weighted by Crippen LogP contribution is -1.87. The first kappa shape index (κ1) is 8.85. The minimum absolute atomic E-state index is 0.437. The third-order valence-electron chi connectivity index (χ3n) is 1.41. The fraction of sp³-hybridized carbons (Fsp3) is 0.250. The molecule has 0 aliphatic rings. The zero-order valence-corrected chi connectivity index (χ0v) is 7.49. The zero-order chi connectivity index (χ0) is 8.43. The fourth-order valence-corrected chi connectivity index (χ4v) is 1.07. The van der Waals surface area contributed by atoms with Gasteiger partial charge in [0.05, 0.1) is 10.0 Å². The Balaban J connectivity index is 3.05. The summed E-state index contributed by atoms with van der Waals surface area (Å²) in [5, 5.41) is 11.8. The Labute approximate surface area is 75.6 Å². The van der Waals surface area contributed by atoms with Crippen LogP contribution in [0.1, 0.15) is 18.6 Å². The van der Waals surface area contributed by atoms with Gasteiger partial charge in [0, 0.05) is 0 Å². The van der Waals surface area contributed by atoms with Gasteiger partial charge < -0.3 is 0 Å². The van der Waals surface area contributed by atoms with Crippen molar-refractivity contribution >= 4 is 23.2 Å². The first-order valence-corrected chi connectivity index (χ1v) is 3.97. The molecule has 0 aromatic heterocycles. The second kappa shape index (κ2) is 3.44. The minimum Gasteiger partial charge on any atom is -0.228 e. The number of rotatable bonds is 1. The normalized spacial score (nSPS) is 13.1. The highest BCUT2D eigenvalue weighted by molar-refractivity contribution is 6.42. The highest BCUT2D eigenvalue weighted by Crippen LogP contribution is 2.25. The maximum Gasteiger partial charge on any atom is 0.115 e. The predicted octanol–water partition coefficient (Wildman–Crippen LogP) is 3.48. The Morgan fingerprint density at radius 1 is 1.27 bits per heavy atom. The van der Waals surface area contributed by atoms with E-state index in [0.717, 1.165) is 0 Å². The number of hydrogen-bond acceptors (Lipinski definition) is 0. The fourth-order valence-electron chi connectivity index (χ4n) is 0.765. The summed E-state index contributed by atoms with van der Waals surface area (Å²) in [6, 6.07) is 4.92. The molecule has 1 nitrogen and oxygen atoms in total. The molecule has 1 atom stereocenters. The van der Waals surface area contributed by atoms with Gasteiger partial charge in [-0.1, -0.05) is 29.3 Å². The van der Waals surface area contributed by atoms with Gasteiger partial charge in [0.15, 0.2) is 0 Å². The van der Waals surface area contributed by atoms with E-state index >= 15 is 0 Å². The van der Waals surface area contributed by atoms with E-state index in [4.69, 9.17) is 23.2 Å². The van der Waals surface area contributed by atoms with Crippen LogP contribution in [0, 0.1) is 0 Å². The Morgan fingerprint density at radius 2 is 1.91 bits per heavy atom. The van der Waals surface area contributed by atoms with E-state index in [1.165, 1.54) is 0 Å². The molecule has 1 radical (unpaired) electrons. The van der Waals surface area contributed by atoms with Crippen LogP contribution in [-0.4, -0.2) is 0 Å². The van der Waals surface area contributed by atoms with Gasteiger partial charge in [-0.05, 0) is 24.6 Å². The van der Waals surface area contributed by atoms with E-state index in [0.29, 0.717) is 15.6 Å². The summed E-state index contributed by atoms with van der Waals surface area (Å²) in [5.41, 5.74) is 0.666. The number of hydrogen-bond donors (Lipinski definition) is 0. The molecule has 0 heterocycles. The Morgan fingerprint density at radius 3 is 2.36 bits per heavy atom. The molecule has 0 fully saturated rings. The molecule has 1 aromatic rings. The number of halogens is 2. The molecule has 1 unspecified atom stereocenters. The van der Waals surface area contributed by atoms with Crippen LogP contribution in [-0.2, 0) is 5.11 Å². The van der Waals surface area contributed by atoms with Crippen molar-refractivity contribution in [2.75, 3.05) is 0 Å². The quantitative estimate of drug-likeness (QED) is 0.645. The second-order valence-electron chi connectivity index (χ2n) is 2.32. The number of benzene rings is 1. The first-order valence-electron chi connectivity index (χ1n) is 3.22. The molecule has 0 amide bonds. The van der Waals surface area contributed by atoms with Crippen LogP contribution in [0.3, 0.4) is 0 Å². The van der Waals surface area contributed by atoms with E-state index in [-0.39, 0.29) is 0 Å². The van der Waals surface area contributed by atoms with Crippen LogP contribution in [0.25, 0.3) is 0 Å². The van der Waals surface area contributed by atoms with Crippen molar-refractivity contribution in [3.05, 3.63) is 33.8 Å². The molecule has 11 heavy (non-hydrogen) atoms. The molecule has 0 spiro atoms. The largest absolute Gasteiger partial charge is 0.228 e. The van der Waals surface area contributed by atoms with Crippen molar-refractivity contribution in [3.63, 3.8) is 0 Å². The van der Waals surface area contributed by atoms with Gasteiger partial charge in [-0.25, -0.2) is 5.11 Å². The average Bonchev–Trinajstić information content (AvgIpc) is 1.94. The van der Waals surface area contributed by atoms with E-state index in [1.54, 1.807) is 25.1 Å². The van der Waals surface area contributed by atoms with Gasteiger partial charge in [0.2, 0.25) is 0 Å². The lowest BCUT2D eigenvalue weighted by atomic mass is 10.1. The van der Waals surface area contributed by atoms with E-state index < -0.39 is 6.10 Å². The zero-order valence-electron chi connectivity index (χ0n) is 5.97. The summed E-state index contributed by atoms with van der Waals surface area (Å²) in [5.74, 6) is 0. The predicted molar refractivity (Wildman–Crippen MR) is 45.6 cm³/mol. The second-order valence-corrected chi connectivity index (χ2v) is 3.13. The standard InChI is InChI=1S/C8H7Cl2O/c1-5(11)6-2-3-7(9)8(10)4-6/h2-5H,1H3. The Hall–Kier alpha value is -0.240. The lowest BCUT2D eigenvalue weighted by Gasteiger charge is -2.02. The van der Waals surface area contributed by atoms with Crippen molar-refractivity contribution in [3.8, 4) is 0 Å². The van der Waals surface area contributed by atoms with Crippen LogP contribution >= 0.6 is 23.2 Å². The molecular weight excluding hydrogens is 183 g/mol. The minimum atomic E-state index is -0.746. The maximum absolute atomic E-state index is 10.9. The molecule has 0 aliphatic heterocycles. The third kappa shape index (κ3) is 2.09. The van der Waals surface area contributed by atoms with Gasteiger partial charge in [-0.15, -0.1) is 0 Å². The van der Waals surface area contributed by atoms with Gasteiger partial charge >= 0.3 is 0 Å². The Kier molecular flexibility index (Phi) is 2.77. The van der Waals surface area contributed by atoms with Gasteiger partial charge in [-0.2, -0.15) is 0 Å². The summed E-state index contributed by atoms with van der Waals surface area (Å²) >= 11 is 11.3. The molecule has 1 rings (SSSR count). The summed E-state index contributed by atoms with van der Waals surface area (Å²) in [7, 11) is 0. The van der Waals surface area contributed by atoms with Gasteiger partial charge in [0.25, 0.3) is 0 Å². The van der Waals surface area contributed by atoms with Crippen molar-refractivity contribution in [1.29, 1.82) is 0 Å². The van der Waals surface area contributed by atoms with Crippen LogP contribution < -0.4 is 0 Å². The summed E-state index contributed by atoms with van der Waals surface area (Å²) in [6.45, 7) is 1.57.